The fourth-order valence-electron chi connectivity index (χ4n) is 4.17. The zero-order valence-corrected chi connectivity index (χ0v) is 16.3. The van der Waals surface area contributed by atoms with Crippen LogP contribution in [0.15, 0.2) is 4.52 Å². The first kappa shape index (κ1) is 18.7. The van der Waals surface area contributed by atoms with Gasteiger partial charge in [0.05, 0.1) is 12.3 Å². The van der Waals surface area contributed by atoms with Crippen LogP contribution in [0.4, 0.5) is 0 Å². The lowest BCUT2D eigenvalue weighted by Gasteiger charge is -2.48. The van der Waals surface area contributed by atoms with Gasteiger partial charge in [-0.2, -0.15) is 16.7 Å². The molecule has 2 aliphatic rings. The quantitative estimate of drug-likeness (QED) is 0.739. The first-order chi connectivity index (χ1) is 12.1. The van der Waals surface area contributed by atoms with E-state index >= 15 is 0 Å². The SMILES string of the molecule is CCCCN1C[C@]2(CCCN(Cc3nc(CSC)no3)C2)CCC1=O. The Morgan fingerprint density at radius 1 is 1.32 bits per heavy atom. The van der Waals surface area contributed by atoms with E-state index in [0.29, 0.717) is 12.3 Å². The number of unbranched alkanes of at least 4 members (excludes halogenated alkanes) is 1. The van der Waals surface area contributed by atoms with Crippen molar-refractivity contribution in [2.75, 3.05) is 32.4 Å². The number of piperidine rings is 2. The molecule has 2 saturated heterocycles. The summed E-state index contributed by atoms with van der Waals surface area (Å²) >= 11 is 1.70. The topological polar surface area (TPSA) is 62.5 Å². The fraction of sp³-hybridized carbons (Fsp3) is 0.833. The number of hydrogen-bond donors (Lipinski definition) is 0. The van der Waals surface area contributed by atoms with Gasteiger partial charge in [-0.15, -0.1) is 0 Å². The van der Waals surface area contributed by atoms with E-state index in [1.54, 1.807) is 11.8 Å². The summed E-state index contributed by atoms with van der Waals surface area (Å²) in [7, 11) is 0. The van der Waals surface area contributed by atoms with E-state index in [0.717, 1.165) is 69.5 Å². The Kier molecular flexibility index (Phi) is 6.39. The zero-order chi connectivity index (χ0) is 17.7. The maximum Gasteiger partial charge on any atom is 0.240 e. The Morgan fingerprint density at radius 3 is 3.00 bits per heavy atom. The van der Waals surface area contributed by atoms with Crippen molar-refractivity contribution in [3.8, 4) is 0 Å². The number of carbonyl (C=O) groups is 1. The van der Waals surface area contributed by atoms with Crippen molar-refractivity contribution in [3.05, 3.63) is 11.7 Å². The first-order valence-corrected chi connectivity index (χ1v) is 10.8. The minimum absolute atomic E-state index is 0.252. The molecule has 7 heteroatoms. The van der Waals surface area contributed by atoms with Gasteiger partial charge in [-0.05, 0) is 38.5 Å². The molecule has 25 heavy (non-hydrogen) atoms. The van der Waals surface area contributed by atoms with Crippen LogP contribution in [0.2, 0.25) is 0 Å². The number of carbonyl (C=O) groups excluding carboxylic acids is 1. The van der Waals surface area contributed by atoms with Crippen molar-refractivity contribution in [1.29, 1.82) is 0 Å². The van der Waals surface area contributed by atoms with Gasteiger partial charge in [0.1, 0.15) is 0 Å². The van der Waals surface area contributed by atoms with Gasteiger partial charge in [-0.1, -0.05) is 18.5 Å². The molecule has 2 aliphatic heterocycles. The molecular formula is C18H30N4O2S. The highest BCUT2D eigenvalue weighted by Gasteiger charge is 2.41. The van der Waals surface area contributed by atoms with Crippen molar-refractivity contribution in [3.63, 3.8) is 0 Å². The van der Waals surface area contributed by atoms with Gasteiger partial charge in [0.25, 0.3) is 0 Å². The standard InChI is InChI=1S/C18H30N4O2S/c1-3-4-10-22-14-18(8-6-17(22)23)7-5-9-21(13-18)11-16-19-15(12-25-2)20-24-16/h3-14H2,1-2H3/t18-/m1/s1. The average Bonchev–Trinajstić information content (AvgIpc) is 3.04. The van der Waals surface area contributed by atoms with Crippen LogP contribution in [0, 0.1) is 5.41 Å². The Hall–Kier alpha value is -1.08. The lowest BCUT2D eigenvalue weighted by molar-refractivity contribution is -0.139. The van der Waals surface area contributed by atoms with E-state index in [1.165, 1.54) is 12.8 Å². The zero-order valence-electron chi connectivity index (χ0n) is 15.5. The van der Waals surface area contributed by atoms with Crippen molar-refractivity contribution >= 4 is 17.7 Å². The third kappa shape index (κ3) is 4.76. The smallest absolute Gasteiger partial charge is 0.240 e. The predicted octanol–water partition coefficient (Wildman–Crippen LogP) is 2.94. The average molecular weight is 367 g/mol. The second kappa shape index (κ2) is 8.54. The lowest BCUT2D eigenvalue weighted by atomic mass is 9.73. The molecule has 6 nitrogen and oxygen atoms in total. The summed E-state index contributed by atoms with van der Waals surface area (Å²) in [5, 5.41) is 4.04. The summed E-state index contributed by atoms with van der Waals surface area (Å²) in [6.45, 7) is 6.85. The van der Waals surface area contributed by atoms with E-state index in [9.17, 15) is 4.79 Å². The number of nitrogens with zero attached hydrogens (tertiary/aromatic N) is 4. The Balaban J connectivity index is 1.60. The molecule has 1 aromatic heterocycles. The number of hydrogen-bond acceptors (Lipinski definition) is 6. The van der Waals surface area contributed by atoms with Gasteiger partial charge >= 0.3 is 0 Å². The third-order valence-corrected chi connectivity index (χ3v) is 5.96. The molecule has 1 atom stereocenters. The number of aromatic nitrogens is 2. The Morgan fingerprint density at radius 2 is 2.20 bits per heavy atom. The van der Waals surface area contributed by atoms with Crippen molar-refractivity contribution in [1.82, 2.24) is 19.9 Å². The van der Waals surface area contributed by atoms with Crippen LogP contribution in [0.25, 0.3) is 0 Å². The lowest BCUT2D eigenvalue weighted by Crippen LogP contribution is -2.53. The van der Waals surface area contributed by atoms with Gasteiger partial charge < -0.3 is 9.42 Å². The molecule has 0 saturated carbocycles. The van der Waals surface area contributed by atoms with Crippen molar-refractivity contribution < 1.29 is 9.32 Å². The highest BCUT2D eigenvalue weighted by molar-refractivity contribution is 7.97. The normalized spacial score (nSPS) is 25.0. The summed E-state index contributed by atoms with van der Waals surface area (Å²) in [6.07, 6.45) is 8.41. The molecule has 1 spiro atoms. The molecule has 1 amide bonds. The molecule has 2 fully saturated rings. The van der Waals surface area contributed by atoms with Gasteiger partial charge in [0.15, 0.2) is 5.82 Å². The second-order valence-electron chi connectivity index (χ2n) is 7.52. The Labute approximate surface area is 154 Å². The molecule has 0 N–H and O–H groups in total. The second-order valence-corrected chi connectivity index (χ2v) is 8.39. The van der Waals surface area contributed by atoms with Crippen LogP contribution >= 0.6 is 11.8 Å². The van der Waals surface area contributed by atoms with E-state index in [2.05, 4.69) is 26.9 Å². The molecular weight excluding hydrogens is 336 g/mol. The highest BCUT2D eigenvalue weighted by atomic mass is 32.2. The maximum atomic E-state index is 12.2. The molecule has 0 radical (unpaired) electrons. The number of thioether (sulfide) groups is 1. The summed E-state index contributed by atoms with van der Waals surface area (Å²) < 4.78 is 5.41. The highest BCUT2D eigenvalue weighted by Crippen LogP contribution is 2.39. The minimum Gasteiger partial charge on any atom is -0.342 e. The molecule has 0 unspecified atom stereocenters. The summed E-state index contributed by atoms with van der Waals surface area (Å²) in [5.74, 6) is 2.64. The molecule has 3 heterocycles. The van der Waals surface area contributed by atoms with Crippen LogP contribution < -0.4 is 0 Å². The largest absolute Gasteiger partial charge is 0.342 e. The first-order valence-electron chi connectivity index (χ1n) is 9.45. The van der Waals surface area contributed by atoms with Gasteiger partial charge in [0, 0.05) is 31.5 Å². The third-order valence-electron chi connectivity index (χ3n) is 5.41. The van der Waals surface area contributed by atoms with Crippen LogP contribution in [-0.2, 0) is 17.1 Å². The van der Waals surface area contributed by atoms with Gasteiger partial charge in [-0.25, -0.2) is 0 Å². The minimum atomic E-state index is 0.252. The summed E-state index contributed by atoms with van der Waals surface area (Å²) in [6, 6.07) is 0. The van der Waals surface area contributed by atoms with Crippen LogP contribution in [-0.4, -0.2) is 58.3 Å². The summed E-state index contributed by atoms with van der Waals surface area (Å²) in [5.41, 5.74) is 0.252. The van der Waals surface area contributed by atoms with E-state index in [-0.39, 0.29) is 5.41 Å². The monoisotopic (exact) mass is 366 g/mol. The molecule has 0 aliphatic carbocycles. The predicted molar refractivity (Wildman–Crippen MR) is 99.2 cm³/mol. The molecule has 0 aromatic carbocycles. The van der Waals surface area contributed by atoms with Gasteiger partial charge in [0.2, 0.25) is 11.8 Å². The molecule has 3 rings (SSSR count). The van der Waals surface area contributed by atoms with E-state index in [1.807, 2.05) is 6.26 Å². The molecule has 0 bridgehead atoms. The fourth-order valence-corrected chi connectivity index (χ4v) is 4.54. The maximum absolute atomic E-state index is 12.2. The van der Waals surface area contributed by atoms with Crippen molar-refractivity contribution in [2.45, 2.75) is 57.7 Å². The van der Waals surface area contributed by atoms with Crippen LogP contribution in [0.5, 0.6) is 0 Å². The van der Waals surface area contributed by atoms with Crippen LogP contribution in [0.3, 0.4) is 0 Å². The number of amides is 1. The van der Waals surface area contributed by atoms with E-state index in [4.69, 9.17) is 4.52 Å². The number of rotatable bonds is 7. The summed E-state index contributed by atoms with van der Waals surface area (Å²) in [4.78, 5) is 21.3. The van der Waals surface area contributed by atoms with Crippen molar-refractivity contribution in [2.24, 2.45) is 5.41 Å². The van der Waals surface area contributed by atoms with E-state index < -0.39 is 0 Å². The Bertz CT molecular complexity index is 579. The number of likely N-dealkylation sites (tertiary alicyclic amines) is 2. The van der Waals surface area contributed by atoms with Crippen LogP contribution in [0.1, 0.15) is 57.2 Å². The van der Waals surface area contributed by atoms with Gasteiger partial charge in [-0.3, -0.25) is 9.69 Å². The molecule has 140 valence electrons. The molecule has 1 aromatic rings.